The summed E-state index contributed by atoms with van der Waals surface area (Å²) in [6.07, 6.45) is 4.91. The molecule has 1 amide bonds. The lowest BCUT2D eigenvalue weighted by Gasteiger charge is -2.06. The van der Waals surface area contributed by atoms with Gasteiger partial charge in [0, 0.05) is 25.1 Å². The lowest BCUT2D eigenvalue weighted by atomic mass is 10.1. The second kappa shape index (κ2) is 7.63. The summed E-state index contributed by atoms with van der Waals surface area (Å²) in [4.78, 5) is 12.2. The number of furan rings is 1. The Balaban J connectivity index is 1.40. The summed E-state index contributed by atoms with van der Waals surface area (Å²) in [5.74, 6) is 1.56. The first-order valence-corrected chi connectivity index (χ1v) is 9.13. The number of hydrogen-bond donors (Lipinski definition) is 1. The van der Waals surface area contributed by atoms with Crippen LogP contribution in [0.5, 0.6) is 0 Å². The molecule has 0 aliphatic carbocycles. The van der Waals surface area contributed by atoms with E-state index in [4.69, 9.17) is 4.42 Å². The highest BCUT2D eigenvalue weighted by atomic mass is 16.3. The van der Waals surface area contributed by atoms with E-state index in [9.17, 15) is 4.79 Å². The van der Waals surface area contributed by atoms with Crippen LogP contribution in [0.25, 0.3) is 11.5 Å². The van der Waals surface area contributed by atoms with E-state index in [1.165, 1.54) is 0 Å². The molecule has 0 unspecified atom stereocenters. The van der Waals surface area contributed by atoms with Crippen LogP contribution in [0, 0.1) is 13.8 Å². The molecule has 28 heavy (non-hydrogen) atoms. The predicted octanol–water partition coefficient (Wildman–Crippen LogP) is 1.81. The van der Waals surface area contributed by atoms with Gasteiger partial charge in [-0.25, -0.2) is 4.68 Å². The van der Waals surface area contributed by atoms with Crippen molar-refractivity contribution in [3.63, 3.8) is 0 Å². The van der Waals surface area contributed by atoms with E-state index in [2.05, 4.69) is 25.7 Å². The van der Waals surface area contributed by atoms with Gasteiger partial charge >= 0.3 is 0 Å². The quantitative estimate of drug-likeness (QED) is 0.525. The summed E-state index contributed by atoms with van der Waals surface area (Å²) in [6, 6.07) is 7.45. The molecule has 0 atom stereocenters. The molecule has 4 heterocycles. The van der Waals surface area contributed by atoms with E-state index < -0.39 is 0 Å². The van der Waals surface area contributed by atoms with Gasteiger partial charge in [0.2, 0.25) is 5.91 Å². The number of carbonyl (C=O) groups is 1. The van der Waals surface area contributed by atoms with Crippen molar-refractivity contribution in [2.45, 2.75) is 33.1 Å². The molecule has 0 bridgehead atoms. The smallest absolute Gasteiger partial charge is 0.220 e. The highest BCUT2D eigenvalue weighted by Crippen LogP contribution is 2.18. The molecule has 0 spiro atoms. The molecule has 0 saturated heterocycles. The largest absolute Gasteiger partial charge is 0.469 e. The monoisotopic (exact) mass is 379 g/mol. The van der Waals surface area contributed by atoms with E-state index in [1.807, 2.05) is 38.1 Å². The van der Waals surface area contributed by atoms with Crippen molar-refractivity contribution in [2.75, 3.05) is 6.54 Å². The topological polar surface area (TPSA) is 103 Å². The third kappa shape index (κ3) is 3.64. The van der Waals surface area contributed by atoms with Gasteiger partial charge < -0.3 is 9.73 Å². The summed E-state index contributed by atoms with van der Waals surface area (Å²) >= 11 is 0. The van der Waals surface area contributed by atoms with Crippen LogP contribution in [0.2, 0.25) is 0 Å². The minimum Gasteiger partial charge on any atom is -0.469 e. The fourth-order valence-corrected chi connectivity index (χ4v) is 3.20. The number of carbonyl (C=O) groups excluding carboxylic acids is 1. The number of aromatic nitrogens is 6. The fourth-order valence-electron chi connectivity index (χ4n) is 3.20. The molecule has 4 rings (SSSR count). The molecule has 0 aromatic carbocycles. The molecule has 0 aliphatic heterocycles. The molecule has 0 fully saturated rings. The summed E-state index contributed by atoms with van der Waals surface area (Å²) in [7, 11) is 0. The average molecular weight is 379 g/mol. The number of rotatable bonds is 7. The predicted molar refractivity (Wildman–Crippen MR) is 101 cm³/mol. The van der Waals surface area contributed by atoms with Crippen molar-refractivity contribution >= 4 is 11.6 Å². The lowest BCUT2D eigenvalue weighted by Crippen LogP contribution is -2.25. The van der Waals surface area contributed by atoms with Crippen LogP contribution >= 0.6 is 0 Å². The zero-order valence-corrected chi connectivity index (χ0v) is 15.8. The first-order chi connectivity index (χ1) is 13.6. The molecule has 4 aromatic heterocycles. The standard InChI is InChI=1S/C19H21N7O2/c1-13-16(5-8-19(27)20-10-9-15-4-3-11-28-15)14(2)26(23-13)18-7-6-17-22-21-12-25(17)24-18/h3-4,6-7,11-12H,5,8-10H2,1-2H3,(H,20,27). The highest BCUT2D eigenvalue weighted by Gasteiger charge is 2.15. The number of amides is 1. The van der Waals surface area contributed by atoms with Gasteiger partial charge in [0.1, 0.15) is 12.1 Å². The van der Waals surface area contributed by atoms with Crippen LogP contribution in [0.4, 0.5) is 0 Å². The van der Waals surface area contributed by atoms with Crippen molar-refractivity contribution in [2.24, 2.45) is 0 Å². The normalized spacial score (nSPS) is 11.2. The van der Waals surface area contributed by atoms with Gasteiger partial charge in [-0.1, -0.05) is 0 Å². The van der Waals surface area contributed by atoms with Crippen LogP contribution < -0.4 is 5.32 Å². The Morgan fingerprint density at radius 1 is 1.18 bits per heavy atom. The Labute approximate surface area is 161 Å². The van der Waals surface area contributed by atoms with Gasteiger partial charge in [-0.05, 0) is 50.1 Å². The SMILES string of the molecule is Cc1nn(-c2ccc3nncn3n2)c(C)c1CCC(=O)NCCc1ccco1. The highest BCUT2D eigenvalue weighted by molar-refractivity contribution is 5.76. The molecule has 144 valence electrons. The van der Waals surface area contributed by atoms with Crippen LogP contribution in [0.15, 0.2) is 41.3 Å². The fraction of sp³-hybridized carbons (Fsp3) is 0.316. The van der Waals surface area contributed by atoms with Crippen molar-refractivity contribution < 1.29 is 9.21 Å². The summed E-state index contributed by atoms with van der Waals surface area (Å²) in [5.41, 5.74) is 3.61. The Bertz CT molecular complexity index is 1100. The Morgan fingerprint density at radius 2 is 2.07 bits per heavy atom. The van der Waals surface area contributed by atoms with E-state index in [1.54, 1.807) is 21.8 Å². The van der Waals surface area contributed by atoms with Crippen LogP contribution in [-0.2, 0) is 17.6 Å². The van der Waals surface area contributed by atoms with Crippen LogP contribution in [0.1, 0.15) is 29.1 Å². The van der Waals surface area contributed by atoms with Gasteiger partial charge in [-0.15, -0.1) is 15.3 Å². The van der Waals surface area contributed by atoms with E-state index in [0.717, 1.165) is 22.7 Å². The molecule has 9 nitrogen and oxygen atoms in total. The van der Waals surface area contributed by atoms with Gasteiger partial charge in [-0.2, -0.15) is 9.61 Å². The maximum absolute atomic E-state index is 12.2. The maximum Gasteiger partial charge on any atom is 0.220 e. The van der Waals surface area contributed by atoms with Gasteiger partial charge in [0.25, 0.3) is 0 Å². The van der Waals surface area contributed by atoms with Crippen LogP contribution in [-0.4, -0.2) is 42.0 Å². The number of fused-ring (bicyclic) bond motifs is 1. The molecule has 0 aliphatic rings. The zero-order valence-electron chi connectivity index (χ0n) is 15.8. The van der Waals surface area contributed by atoms with E-state index >= 15 is 0 Å². The molecule has 1 N–H and O–H groups in total. The van der Waals surface area contributed by atoms with Crippen molar-refractivity contribution in [1.82, 2.24) is 34.9 Å². The maximum atomic E-state index is 12.2. The Morgan fingerprint density at radius 3 is 2.89 bits per heavy atom. The molecular formula is C19H21N7O2. The van der Waals surface area contributed by atoms with Crippen LogP contribution in [0.3, 0.4) is 0 Å². The van der Waals surface area contributed by atoms with E-state index in [0.29, 0.717) is 37.3 Å². The lowest BCUT2D eigenvalue weighted by molar-refractivity contribution is -0.121. The number of nitrogens with zero attached hydrogens (tertiary/aromatic N) is 6. The number of nitrogens with one attached hydrogen (secondary N) is 1. The zero-order chi connectivity index (χ0) is 19.5. The minimum atomic E-state index is 0.0159. The third-order valence-corrected chi connectivity index (χ3v) is 4.68. The number of aryl methyl sites for hydroxylation is 1. The minimum absolute atomic E-state index is 0.0159. The summed E-state index contributed by atoms with van der Waals surface area (Å²) in [5, 5.41) is 19.8. The summed E-state index contributed by atoms with van der Waals surface area (Å²) < 4.78 is 8.66. The molecule has 0 saturated carbocycles. The van der Waals surface area contributed by atoms with Gasteiger partial charge in [0.15, 0.2) is 11.5 Å². The van der Waals surface area contributed by atoms with Gasteiger partial charge in [-0.3, -0.25) is 4.79 Å². The Kier molecular flexibility index (Phi) is 4.88. The second-order valence-corrected chi connectivity index (χ2v) is 6.57. The number of hydrogen-bond acceptors (Lipinski definition) is 6. The summed E-state index contributed by atoms with van der Waals surface area (Å²) in [6.45, 7) is 4.50. The molecular weight excluding hydrogens is 358 g/mol. The van der Waals surface area contributed by atoms with Crippen molar-refractivity contribution in [1.29, 1.82) is 0 Å². The van der Waals surface area contributed by atoms with Crippen molar-refractivity contribution in [3.05, 3.63) is 59.6 Å². The van der Waals surface area contributed by atoms with E-state index in [-0.39, 0.29) is 5.91 Å². The third-order valence-electron chi connectivity index (χ3n) is 4.68. The molecule has 9 heteroatoms. The van der Waals surface area contributed by atoms with Crippen molar-refractivity contribution in [3.8, 4) is 5.82 Å². The first-order valence-electron chi connectivity index (χ1n) is 9.13. The Hall–Kier alpha value is -3.49. The molecule has 4 aromatic rings. The molecule has 0 radical (unpaired) electrons. The average Bonchev–Trinajstić information content (AvgIpc) is 3.41. The van der Waals surface area contributed by atoms with Gasteiger partial charge in [0.05, 0.1) is 12.0 Å². The second-order valence-electron chi connectivity index (χ2n) is 6.57. The first kappa shape index (κ1) is 17.9.